The van der Waals surface area contributed by atoms with Crippen molar-refractivity contribution >= 4 is 8.03 Å². The summed E-state index contributed by atoms with van der Waals surface area (Å²) in [6.07, 6.45) is 2.40. The van der Waals surface area contributed by atoms with Crippen LogP contribution in [0.2, 0.25) is 0 Å². The van der Waals surface area contributed by atoms with Crippen LogP contribution in [0, 0.1) is 0 Å². The summed E-state index contributed by atoms with van der Waals surface area (Å²) in [7, 11) is -2.15. The fourth-order valence-corrected chi connectivity index (χ4v) is 0.984. The Bertz CT molecular complexity index is 67.1. The van der Waals surface area contributed by atoms with Gasteiger partial charge in [-0.15, -0.1) is 0 Å². The van der Waals surface area contributed by atoms with Crippen molar-refractivity contribution in [2.75, 3.05) is 6.16 Å². The molecular formula is C4H11O2PZn. The van der Waals surface area contributed by atoms with Gasteiger partial charge in [0.15, 0.2) is 8.03 Å². The van der Waals surface area contributed by atoms with Crippen LogP contribution in [0.1, 0.15) is 19.8 Å². The second-order valence-electron chi connectivity index (χ2n) is 1.50. The minimum Gasteiger partial charge on any atom is -0.346 e. The number of rotatable bonds is 3. The monoisotopic (exact) mass is 186 g/mol. The zero-order chi connectivity index (χ0) is 5.70. The third kappa shape index (κ3) is 9.94. The Kier molecular flexibility index (Phi) is 11.3. The van der Waals surface area contributed by atoms with E-state index in [-0.39, 0.29) is 19.5 Å². The van der Waals surface area contributed by atoms with Gasteiger partial charge in [-0.05, 0) is 6.42 Å². The number of hydrogen-bond acceptors (Lipinski definition) is 1. The second kappa shape index (κ2) is 7.81. The minimum absolute atomic E-state index is 0. The van der Waals surface area contributed by atoms with Crippen LogP contribution in [-0.2, 0) is 24.0 Å². The van der Waals surface area contributed by atoms with Crippen LogP contribution in [0.15, 0.2) is 0 Å². The largest absolute Gasteiger partial charge is 0.346 e. The Hall–Kier alpha value is 0.813. The van der Waals surface area contributed by atoms with Crippen LogP contribution in [-0.4, -0.2) is 11.1 Å². The van der Waals surface area contributed by atoms with Crippen molar-refractivity contribution in [1.82, 2.24) is 0 Å². The van der Waals surface area contributed by atoms with Crippen LogP contribution in [0.3, 0.4) is 0 Å². The van der Waals surface area contributed by atoms with E-state index in [0.717, 1.165) is 12.8 Å². The van der Waals surface area contributed by atoms with Gasteiger partial charge in [0.2, 0.25) is 0 Å². The molecule has 0 aromatic carbocycles. The summed E-state index contributed by atoms with van der Waals surface area (Å²) in [6.45, 7) is 2.00. The van der Waals surface area contributed by atoms with Crippen molar-refractivity contribution in [3.63, 3.8) is 0 Å². The first-order chi connectivity index (χ1) is 3.27. The van der Waals surface area contributed by atoms with Crippen LogP contribution < -0.4 is 0 Å². The van der Waals surface area contributed by atoms with E-state index in [1.165, 1.54) is 0 Å². The average Bonchev–Trinajstić information content (AvgIpc) is 1.61. The molecule has 46 valence electrons. The van der Waals surface area contributed by atoms with E-state index in [2.05, 4.69) is 0 Å². The molecule has 0 aliphatic carbocycles. The average molecular weight is 187 g/mol. The van der Waals surface area contributed by atoms with E-state index in [9.17, 15) is 4.57 Å². The zero-order valence-corrected chi connectivity index (χ0v) is 9.15. The predicted octanol–water partition coefficient (Wildman–Crippen LogP) is 1.25. The molecule has 0 aliphatic heterocycles. The van der Waals surface area contributed by atoms with Crippen molar-refractivity contribution in [2.45, 2.75) is 19.8 Å². The molecule has 0 saturated heterocycles. The maximum absolute atomic E-state index is 9.94. The van der Waals surface area contributed by atoms with E-state index in [4.69, 9.17) is 4.89 Å². The third-order valence-electron chi connectivity index (χ3n) is 0.744. The molecule has 0 rings (SSSR count). The molecule has 0 bridgehead atoms. The van der Waals surface area contributed by atoms with Gasteiger partial charge in [0.25, 0.3) is 0 Å². The molecule has 1 unspecified atom stereocenters. The van der Waals surface area contributed by atoms with Gasteiger partial charge < -0.3 is 4.89 Å². The van der Waals surface area contributed by atoms with Crippen molar-refractivity contribution in [3.05, 3.63) is 0 Å². The van der Waals surface area contributed by atoms with Crippen molar-refractivity contribution in [3.8, 4) is 0 Å². The van der Waals surface area contributed by atoms with Crippen molar-refractivity contribution in [1.29, 1.82) is 0 Å². The summed E-state index contributed by atoms with van der Waals surface area (Å²) < 4.78 is 9.94. The van der Waals surface area contributed by atoms with Gasteiger partial charge in [-0.2, -0.15) is 0 Å². The zero-order valence-electron chi connectivity index (χ0n) is 5.18. The van der Waals surface area contributed by atoms with Crippen LogP contribution in [0.25, 0.3) is 0 Å². The van der Waals surface area contributed by atoms with Crippen molar-refractivity contribution in [2.24, 2.45) is 0 Å². The Morgan fingerprint density at radius 2 is 2.12 bits per heavy atom. The molecule has 0 aromatic heterocycles. The molecule has 0 radical (unpaired) electrons. The number of hydrogen-bond donors (Lipinski definition) is 1. The molecule has 0 fully saturated rings. The van der Waals surface area contributed by atoms with Gasteiger partial charge in [0.05, 0.1) is 0 Å². The van der Waals surface area contributed by atoms with E-state index >= 15 is 0 Å². The predicted molar refractivity (Wildman–Crippen MR) is 31.0 cm³/mol. The Morgan fingerprint density at radius 3 is 2.25 bits per heavy atom. The standard InChI is InChI=1S/C4H11O2P.Zn/c1-2-3-4-7(5)6;/h7H,2-4H2,1H3,(H,5,6);. The van der Waals surface area contributed by atoms with Gasteiger partial charge in [-0.3, -0.25) is 4.57 Å². The first-order valence-electron chi connectivity index (χ1n) is 2.49. The fraction of sp³-hybridized carbons (Fsp3) is 1.00. The van der Waals surface area contributed by atoms with E-state index in [1.807, 2.05) is 6.92 Å². The third-order valence-corrected chi connectivity index (χ3v) is 1.53. The molecule has 0 spiro atoms. The number of unbranched alkanes of at least 4 members (excludes halogenated alkanes) is 1. The molecule has 0 aromatic rings. The molecule has 0 amide bonds. The SMILES string of the molecule is CCCC[PH](=O)O.[Zn]. The van der Waals surface area contributed by atoms with Gasteiger partial charge in [-0.25, -0.2) is 0 Å². The molecule has 4 heteroatoms. The Morgan fingerprint density at radius 1 is 1.62 bits per heavy atom. The minimum atomic E-state index is -2.15. The first kappa shape index (κ1) is 11.6. The van der Waals surface area contributed by atoms with E-state index < -0.39 is 8.03 Å². The topological polar surface area (TPSA) is 37.3 Å². The quantitative estimate of drug-likeness (QED) is 0.533. The van der Waals surface area contributed by atoms with Gasteiger partial charge in [0.1, 0.15) is 0 Å². The van der Waals surface area contributed by atoms with Gasteiger partial charge in [-0.1, -0.05) is 13.3 Å². The van der Waals surface area contributed by atoms with Gasteiger partial charge in [0, 0.05) is 25.6 Å². The molecule has 0 saturated carbocycles. The van der Waals surface area contributed by atoms with E-state index in [1.54, 1.807) is 0 Å². The van der Waals surface area contributed by atoms with Crippen LogP contribution >= 0.6 is 8.03 Å². The molecule has 0 aliphatic rings. The molecule has 1 atom stereocenters. The molecule has 8 heavy (non-hydrogen) atoms. The fourth-order valence-electron chi connectivity index (χ4n) is 0.328. The smallest absolute Gasteiger partial charge is 0.189 e. The Labute approximate surface area is 63.3 Å². The van der Waals surface area contributed by atoms with Crippen LogP contribution in [0.4, 0.5) is 0 Å². The molecular weight excluding hydrogens is 176 g/mol. The maximum atomic E-state index is 9.94. The summed E-state index contributed by atoms with van der Waals surface area (Å²) in [5.74, 6) is 0. The van der Waals surface area contributed by atoms with Crippen LogP contribution in [0.5, 0.6) is 0 Å². The molecule has 2 nitrogen and oxygen atoms in total. The van der Waals surface area contributed by atoms with Gasteiger partial charge >= 0.3 is 0 Å². The molecule has 1 N–H and O–H groups in total. The summed E-state index contributed by atoms with van der Waals surface area (Å²) in [5, 5.41) is 0. The first-order valence-corrected chi connectivity index (χ1v) is 4.05. The maximum Gasteiger partial charge on any atom is 0.189 e. The summed E-state index contributed by atoms with van der Waals surface area (Å²) in [6, 6.07) is 0. The normalized spacial score (nSPS) is 12.2. The summed E-state index contributed by atoms with van der Waals surface area (Å²) in [5.41, 5.74) is 0. The summed E-state index contributed by atoms with van der Waals surface area (Å²) in [4.78, 5) is 8.23. The summed E-state index contributed by atoms with van der Waals surface area (Å²) >= 11 is 0. The van der Waals surface area contributed by atoms with Crippen molar-refractivity contribution < 1.29 is 28.9 Å². The van der Waals surface area contributed by atoms with E-state index in [0.29, 0.717) is 6.16 Å². The second-order valence-corrected chi connectivity index (χ2v) is 2.78. The Balaban J connectivity index is 0. The molecule has 0 heterocycles.